The van der Waals surface area contributed by atoms with Crippen molar-refractivity contribution in [3.8, 4) is 11.8 Å². The Morgan fingerprint density at radius 1 is 1.62 bits per heavy atom. The van der Waals surface area contributed by atoms with E-state index < -0.39 is 0 Å². The van der Waals surface area contributed by atoms with Gasteiger partial charge in [-0.1, -0.05) is 11.6 Å². The zero-order valence-corrected chi connectivity index (χ0v) is 7.41. The third-order valence-electron chi connectivity index (χ3n) is 1.37. The molecule has 1 aromatic rings. The molecule has 0 aliphatic rings. The Balaban J connectivity index is 2.95. The van der Waals surface area contributed by atoms with Gasteiger partial charge < -0.3 is 4.74 Å². The molecule has 0 spiro atoms. The molecule has 0 N–H and O–H groups in total. The van der Waals surface area contributed by atoms with Crippen molar-refractivity contribution in [2.45, 2.75) is 0 Å². The average Bonchev–Trinajstić information content (AvgIpc) is 2.15. The van der Waals surface area contributed by atoms with Crippen molar-refractivity contribution in [3.63, 3.8) is 0 Å². The molecule has 13 heavy (non-hydrogen) atoms. The first-order chi connectivity index (χ1) is 6.27. The molecule has 0 fully saturated rings. The van der Waals surface area contributed by atoms with Gasteiger partial charge in [-0.3, -0.25) is 4.79 Å². The van der Waals surface area contributed by atoms with E-state index in [0.29, 0.717) is 22.6 Å². The number of carbonyl (C=O) groups excluding carboxylic acids is 1. The third kappa shape index (κ3) is 2.46. The predicted octanol–water partition coefficient (Wildman–Crippen LogP) is 1.79. The van der Waals surface area contributed by atoms with Crippen molar-refractivity contribution >= 4 is 17.9 Å². The Bertz CT molecular complexity index is 357. The summed E-state index contributed by atoms with van der Waals surface area (Å²) in [7, 11) is 0. The van der Waals surface area contributed by atoms with Gasteiger partial charge in [-0.25, -0.2) is 0 Å². The van der Waals surface area contributed by atoms with Crippen LogP contribution in [-0.4, -0.2) is 12.9 Å². The molecule has 0 atom stereocenters. The van der Waals surface area contributed by atoms with Crippen molar-refractivity contribution in [1.29, 1.82) is 5.26 Å². The van der Waals surface area contributed by atoms with Gasteiger partial charge in [0.2, 0.25) is 0 Å². The van der Waals surface area contributed by atoms with Crippen LogP contribution in [0.3, 0.4) is 0 Å². The van der Waals surface area contributed by atoms with E-state index in [1.54, 1.807) is 12.1 Å². The molecule has 0 amide bonds. The normalized spacial score (nSPS) is 8.92. The molecule has 0 bridgehead atoms. The number of hydrogen-bond donors (Lipinski definition) is 0. The molecule has 0 saturated heterocycles. The van der Waals surface area contributed by atoms with Gasteiger partial charge in [0.1, 0.15) is 18.4 Å². The van der Waals surface area contributed by atoms with E-state index in [1.165, 1.54) is 6.07 Å². The van der Waals surface area contributed by atoms with Crippen LogP contribution < -0.4 is 4.74 Å². The highest BCUT2D eigenvalue weighted by atomic mass is 35.5. The SMILES string of the molecule is N#Cc1ccc(Cl)cc1OCC=O. The Labute approximate surface area is 80.5 Å². The van der Waals surface area contributed by atoms with Gasteiger partial charge in [0.05, 0.1) is 5.56 Å². The topological polar surface area (TPSA) is 50.1 Å². The zero-order chi connectivity index (χ0) is 9.68. The molecule has 0 aliphatic heterocycles. The van der Waals surface area contributed by atoms with Crippen molar-refractivity contribution < 1.29 is 9.53 Å². The molecule has 3 nitrogen and oxygen atoms in total. The van der Waals surface area contributed by atoms with Crippen molar-refractivity contribution in [3.05, 3.63) is 28.8 Å². The van der Waals surface area contributed by atoms with Crippen molar-refractivity contribution in [2.75, 3.05) is 6.61 Å². The fourth-order valence-electron chi connectivity index (χ4n) is 0.832. The fourth-order valence-corrected chi connectivity index (χ4v) is 0.994. The molecular formula is C9H6ClNO2. The van der Waals surface area contributed by atoms with E-state index in [1.807, 2.05) is 6.07 Å². The largest absolute Gasteiger partial charge is 0.485 e. The van der Waals surface area contributed by atoms with E-state index in [-0.39, 0.29) is 6.61 Å². The summed E-state index contributed by atoms with van der Waals surface area (Å²) in [6.45, 7) is -0.0744. The van der Waals surface area contributed by atoms with Crippen LogP contribution in [0, 0.1) is 11.3 Å². The van der Waals surface area contributed by atoms with Crippen molar-refractivity contribution in [1.82, 2.24) is 0 Å². The van der Waals surface area contributed by atoms with Crippen LogP contribution in [0.15, 0.2) is 18.2 Å². The summed E-state index contributed by atoms with van der Waals surface area (Å²) in [6, 6.07) is 6.57. The second kappa shape index (κ2) is 4.48. The Morgan fingerprint density at radius 2 is 2.38 bits per heavy atom. The number of nitriles is 1. The molecule has 0 radical (unpaired) electrons. The lowest BCUT2D eigenvalue weighted by atomic mass is 10.2. The highest BCUT2D eigenvalue weighted by Crippen LogP contribution is 2.22. The lowest BCUT2D eigenvalue weighted by Crippen LogP contribution is -1.99. The molecule has 4 heteroatoms. The van der Waals surface area contributed by atoms with Crippen LogP contribution >= 0.6 is 11.6 Å². The number of benzene rings is 1. The first-order valence-corrected chi connectivity index (χ1v) is 3.92. The fraction of sp³-hybridized carbons (Fsp3) is 0.111. The quantitative estimate of drug-likeness (QED) is 0.691. The highest BCUT2D eigenvalue weighted by Gasteiger charge is 2.02. The Hall–Kier alpha value is -1.53. The molecule has 1 rings (SSSR count). The van der Waals surface area contributed by atoms with Crippen LogP contribution in [-0.2, 0) is 4.79 Å². The molecule has 0 unspecified atom stereocenters. The van der Waals surface area contributed by atoms with Crippen molar-refractivity contribution in [2.24, 2.45) is 0 Å². The van der Waals surface area contributed by atoms with Crippen LogP contribution in [0.2, 0.25) is 5.02 Å². The van der Waals surface area contributed by atoms with Gasteiger partial charge in [0, 0.05) is 11.1 Å². The first-order valence-electron chi connectivity index (χ1n) is 3.54. The summed E-state index contributed by atoms with van der Waals surface area (Å²) in [6.07, 6.45) is 0.613. The maximum absolute atomic E-state index is 10.0. The molecule has 0 saturated carbocycles. The molecule has 0 aromatic heterocycles. The lowest BCUT2D eigenvalue weighted by Gasteiger charge is -2.03. The van der Waals surface area contributed by atoms with Crippen LogP contribution in [0.4, 0.5) is 0 Å². The van der Waals surface area contributed by atoms with E-state index in [2.05, 4.69) is 0 Å². The number of hydrogen-bond acceptors (Lipinski definition) is 3. The molecule has 66 valence electrons. The third-order valence-corrected chi connectivity index (χ3v) is 1.61. The van der Waals surface area contributed by atoms with Crippen LogP contribution in [0.1, 0.15) is 5.56 Å². The number of ether oxygens (including phenoxy) is 1. The summed E-state index contributed by atoms with van der Waals surface area (Å²) >= 11 is 5.67. The predicted molar refractivity (Wildman–Crippen MR) is 47.7 cm³/mol. The Kier molecular flexibility index (Phi) is 3.30. The minimum Gasteiger partial charge on any atom is -0.485 e. The van der Waals surface area contributed by atoms with E-state index in [0.717, 1.165) is 0 Å². The van der Waals surface area contributed by atoms with Gasteiger partial charge in [-0.05, 0) is 12.1 Å². The summed E-state index contributed by atoms with van der Waals surface area (Å²) in [4.78, 5) is 10.0. The van der Waals surface area contributed by atoms with Crippen LogP contribution in [0.25, 0.3) is 0 Å². The average molecular weight is 196 g/mol. The molecule has 0 heterocycles. The van der Waals surface area contributed by atoms with Gasteiger partial charge in [0.25, 0.3) is 0 Å². The van der Waals surface area contributed by atoms with Gasteiger partial charge >= 0.3 is 0 Å². The zero-order valence-electron chi connectivity index (χ0n) is 6.66. The molecule has 0 aliphatic carbocycles. The minimum absolute atomic E-state index is 0.0744. The lowest BCUT2D eigenvalue weighted by molar-refractivity contribution is -0.109. The second-order valence-electron chi connectivity index (χ2n) is 2.23. The highest BCUT2D eigenvalue weighted by molar-refractivity contribution is 6.30. The standard InChI is InChI=1S/C9H6ClNO2/c10-8-2-1-7(6-11)9(5-8)13-4-3-12/h1-3,5H,4H2. The van der Waals surface area contributed by atoms with Gasteiger partial charge in [0.15, 0.2) is 6.29 Å². The summed E-state index contributed by atoms with van der Waals surface area (Å²) in [5.74, 6) is 0.335. The maximum atomic E-state index is 10.0. The smallest absolute Gasteiger partial charge is 0.157 e. The number of aldehydes is 1. The summed E-state index contributed by atoms with van der Waals surface area (Å²) < 4.78 is 4.98. The van der Waals surface area contributed by atoms with E-state index >= 15 is 0 Å². The number of halogens is 1. The maximum Gasteiger partial charge on any atom is 0.157 e. The molecule has 1 aromatic carbocycles. The number of carbonyl (C=O) groups is 1. The van der Waals surface area contributed by atoms with Crippen LogP contribution in [0.5, 0.6) is 5.75 Å². The monoisotopic (exact) mass is 195 g/mol. The Morgan fingerprint density at radius 3 is 3.00 bits per heavy atom. The van der Waals surface area contributed by atoms with E-state index in [4.69, 9.17) is 21.6 Å². The second-order valence-corrected chi connectivity index (χ2v) is 2.67. The van der Waals surface area contributed by atoms with Gasteiger partial charge in [-0.2, -0.15) is 5.26 Å². The first kappa shape index (κ1) is 9.56. The number of nitrogens with zero attached hydrogens (tertiary/aromatic N) is 1. The number of rotatable bonds is 3. The van der Waals surface area contributed by atoms with Gasteiger partial charge in [-0.15, -0.1) is 0 Å². The van der Waals surface area contributed by atoms with E-state index in [9.17, 15) is 4.79 Å². The minimum atomic E-state index is -0.0744. The summed E-state index contributed by atoms with van der Waals surface area (Å²) in [5.41, 5.74) is 0.367. The molecular weight excluding hydrogens is 190 g/mol. The summed E-state index contributed by atoms with van der Waals surface area (Å²) in [5, 5.41) is 9.12.